The molecule has 5 nitrogen and oxygen atoms in total. The summed E-state index contributed by atoms with van der Waals surface area (Å²) in [6.07, 6.45) is 0.824. The van der Waals surface area contributed by atoms with E-state index in [-0.39, 0.29) is 18.1 Å². The third-order valence-corrected chi connectivity index (χ3v) is 3.58. The van der Waals surface area contributed by atoms with Crippen molar-refractivity contribution < 1.29 is 9.90 Å². The molecule has 0 bridgehead atoms. The maximum Gasteiger partial charge on any atom is 0.227 e. The number of nitrogens with zero attached hydrogens (tertiary/aromatic N) is 1. The van der Waals surface area contributed by atoms with Gasteiger partial charge in [-0.05, 0) is 13.0 Å². The van der Waals surface area contributed by atoms with Crippen molar-refractivity contribution in [3.63, 3.8) is 0 Å². The quantitative estimate of drug-likeness (QED) is 0.786. The Balaban J connectivity index is 2.06. The zero-order valence-electron chi connectivity index (χ0n) is 11.2. The summed E-state index contributed by atoms with van der Waals surface area (Å²) >= 11 is 1.37. The first-order valence-corrected chi connectivity index (χ1v) is 7.19. The van der Waals surface area contributed by atoms with Crippen LogP contribution >= 0.6 is 11.3 Å². The number of benzene rings is 1. The van der Waals surface area contributed by atoms with E-state index in [1.807, 2.05) is 24.4 Å². The third-order valence-electron chi connectivity index (χ3n) is 2.78. The van der Waals surface area contributed by atoms with Crippen molar-refractivity contribution in [1.82, 2.24) is 4.98 Å². The van der Waals surface area contributed by atoms with Gasteiger partial charge in [0.2, 0.25) is 5.91 Å². The SMILES string of the molecule is Cc1ccc(O)c(Cc2csc(NC(=O)CCN)n2)c1. The van der Waals surface area contributed by atoms with Gasteiger partial charge in [-0.2, -0.15) is 0 Å². The van der Waals surface area contributed by atoms with E-state index in [9.17, 15) is 9.90 Å². The molecule has 0 spiro atoms. The van der Waals surface area contributed by atoms with Crippen LogP contribution in [-0.4, -0.2) is 22.5 Å². The Morgan fingerprint density at radius 1 is 1.50 bits per heavy atom. The number of thiazole rings is 1. The smallest absolute Gasteiger partial charge is 0.227 e. The zero-order valence-corrected chi connectivity index (χ0v) is 12.0. The molecule has 0 aliphatic rings. The van der Waals surface area contributed by atoms with Crippen molar-refractivity contribution in [1.29, 1.82) is 0 Å². The molecular formula is C14H17N3O2S. The molecule has 106 valence electrons. The van der Waals surface area contributed by atoms with Crippen molar-refractivity contribution in [2.24, 2.45) is 5.73 Å². The third kappa shape index (κ3) is 3.79. The maximum absolute atomic E-state index is 11.4. The Morgan fingerprint density at radius 3 is 3.05 bits per heavy atom. The summed E-state index contributed by atoms with van der Waals surface area (Å²) in [5.74, 6) is 0.129. The largest absolute Gasteiger partial charge is 0.508 e. The molecule has 0 aliphatic carbocycles. The minimum Gasteiger partial charge on any atom is -0.508 e. The molecule has 1 amide bonds. The Hall–Kier alpha value is -1.92. The van der Waals surface area contributed by atoms with E-state index in [1.165, 1.54) is 11.3 Å². The Morgan fingerprint density at radius 2 is 2.30 bits per heavy atom. The number of hydrogen-bond donors (Lipinski definition) is 3. The monoisotopic (exact) mass is 291 g/mol. The molecular weight excluding hydrogens is 274 g/mol. The van der Waals surface area contributed by atoms with Crippen molar-refractivity contribution in [2.75, 3.05) is 11.9 Å². The summed E-state index contributed by atoms with van der Waals surface area (Å²) < 4.78 is 0. The minimum atomic E-state index is -0.133. The van der Waals surface area contributed by atoms with E-state index in [1.54, 1.807) is 6.07 Å². The number of phenols is 1. The molecule has 2 aromatic rings. The van der Waals surface area contributed by atoms with Crippen LogP contribution in [0.2, 0.25) is 0 Å². The number of rotatable bonds is 5. The fourth-order valence-corrected chi connectivity index (χ4v) is 2.54. The van der Waals surface area contributed by atoms with Crippen LogP contribution in [0.1, 0.15) is 23.2 Å². The minimum absolute atomic E-state index is 0.133. The van der Waals surface area contributed by atoms with E-state index < -0.39 is 0 Å². The fourth-order valence-electron chi connectivity index (χ4n) is 1.81. The summed E-state index contributed by atoms with van der Waals surface area (Å²) in [5.41, 5.74) is 8.05. The summed E-state index contributed by atoms with van der Waals surface area (Å²) in [7, 11) is 0. The number of nitrogens with one attached hydrogen (secondary N) is 1. The molecule has 0 fully saturated rings. The number of aromatic hydroxyl groups is 1. The van der Waals surface area contributed by atoms with Gasteiger partial charge in [0.1, 0.15) is 5.75 Å². The molecule has 0 atom stereocenters. The molecule has 1 heterocycles. The van der Waals surface area contributed by atoms with Crippen LogP contribution in [-0.2, 0) is 11.2 Å². The van der Waals surface area contributed by atoms with E-state index >= 15 is 0 Å². The van der Waals surface area contributed by atoms with Crippen molar-refractivity contribution in [3.05, 3.63) is 40.4 Å². The van der Waals surface area contributed by atoms with E-state index in [2.05, 4.69) is 10.3 Å². The lowest BCUT2D eigenvalue weighted by molar-refractivity contribution is -0.116. The molecule has 0 saturated carbocycles. The molecule has 1 aromatic heterocycles. The molecule has 2 rings (SSSR count). The van der Waals surface area contributed by atoms with Gasteiger partial charge in [0, 0.05) is 30.3 Å². The normalized spacial score (nSPS) is 10.5. The molecule has 0 radical (unpaired) electrons. The van der Waals surface area contributed by atoms with Gasteiger partial charge >= 0.3 is 0 Å². The number of carbonyl (C=O) groups excluding carboxylic acids is 1. The first kappa shape index (κ1) is 14.5. The van der Waals surface area contributed by atoms with E-state index in [0.29, 0.717) is 18.1 Å². The number of aryl methyl sites for hydroxylation is 1. The lowest BCUT2D eigenvalue weighted by Crippen LogP contribution is -2.16. The second-order valence-corrected chi connectivity index (χ2v) is 5.40. The number of carbonyl (C=O) groups is 1. The summed E-state index contributed by atoms with van der Waals surface area (Å²) in [6.45, 7) is 2.30. The predicted molar refractivity (Wildman–Crippen MR) is 80.1 cm³/mol. The first-order chi connectivity index (χ1) is 9.58. The Kier molecular flexibility index (Phi) is 4.70. The number of aromatic nitrogens is 1. The molecule has 0 saturated heterocycles. The molecule has 4 N–H and O–H groups in total. The van der Waals surface area contributed by atoms with E-state index in [0.717, 1.165) is 16.8 Å². The van der Waals surface area contributed by atoms with Gasteiger partial charge in [0.15, 0.2) is 5.13 Å². The van der Waals surface area contributed by atoms with Gasteiger partial charge in [-0.15, -0.1) is 11.3 Å². The van der Waals surface area contributed by atoms with Crippen LogP contribution in [0.3, 0.4) is 0 Å². The topological polar surface area (TPSA) is 88.2 Å². The highest BCUT2D eigenvalue weighted by Crippen LogP contribution is 2.24. The molecule has 20 heavy (non-hydrogen) atoms. The van der Waals surface area contributed by atoms with Crippen molar-refractivity contribution >= 4 is 22.4 Å². The van der Waals surface area contributed by atoms with Gasteiger partial charge in [-0.3, -0.25) is 4.79 Å². The zero-order chi connectivity index (χ0) is 14.5. The average molecular weight is 291 g/mol. The van der Waals surface area contributed by atoms with Gasteiger partial charge in [-0.25, -0.2) is 4.98 Å². The lowest BCUT2D eigenvalue weighted by atomic mass is 10.1. The van der Waals surface area contributed by atoms with Gasteiger partial charge in [0.25, 0.3) is 0 Å². The van der Waals surface area contributed by atoms with Crippen LogP contribution in [0.15, 0.2) is 23.6 Å². The van der Waals surface area contributed by atoms with Crippen LogP contribution in [0.25, 0.3) is 0 Å². The van der Waals surface area contributed by atoms with Gasteiger partial charge in [0.05, 0.1) is 5.69 Å². The van der Waals surface area contributed by atoms with Crippen molar-refractivity contribution in [2.45, 2.75) is 19.8 Å². The lowest BCUT2D eigenvalue weighted by Gasteiger charge is -2.03. The molecule has 0 aliphatic heterocycles. The number of hydrogen-bond acceptors (Lipinski definition) is 5. The summed E-state index contributed by atoms with van der Waals surface area (Å²) in [6, 6.07) is 5.47. The maximum atomic E-state index is 11.4. The Bertz CT molecular complexity index is 610. The standard InChI is InChI=1S/C14H17N3O2S/c1-9-2-3-12(18)10(6-9)7-11-8-20-14(16-11)17-13(19)4-5-15/h2-3,6,8,18H,4-5,7,15H2,1H3,(H,16,17,19). The Labute approximate surface area is 121 Å². The molecule has 6 heteroatoms. The summed E-state index contributed by atoms with van der Waals surface area (Å²) in [4.78, 5) is 15.7. The molecule has 1 aromatic carbocycles. The second kappa shape index (κ2) is 6.49. The first-order valence-electron chi connectivity index (χ1n) is 6.31. The second-order valence-electron chi connectivity index (χ2n) is 4.54. The van der Waals surface area contributed by atoms with Crippen molar-refractivity contribution in [3.8, 4) is 5.75 Å². The summed E-state index contributed by atoms with van der Waals surface area (Å²) in [5, 5.41) is 14.9. The highest BCUT2D eigenvalue weighted by atomic mass is 32.1. The van der Waals surface area contributed by atoms with Crippen LogP contribution in [0, 0.1) is 6.92 Å². The number of amides is 1. The van der Waals surface area contributed by atoms with Gasteiger partial charge in [-0.1, -0.05) is 17.7 Å². The predicted octanol–water partition coefficient (Wildman–Crippen LogP) is 2.04. The van der Waals surface area contributed by atoms with Gasteiger partial charge < -0.3 is 16.2 Å². The van der Waals surface area contributed by atoms with E-state index in [4.69, 9.17) is 5.73 Å². The van der Waals surface area contributed by atoms with Crippen LogP contribution in [0.5, 0.6) is 5.75 Å². The van der Waals surface area contributed by atoms with Crippen LogP contribution < -0.4 is 11.1 Å². The fraction of sp³-hybridized carbons (Fsp3) is 0.286. The average Bonchev–Trinajstić information content (AvgIpc) is 2.81. The van der Waals surface area contributed by atoms with Crippen LogP contribution in [0.4, 0.5) is 5.13 Å². The highest BCUT2D eigenvalue weighted by molar-refractivity contribution is 7.13. The number of anilines is 1. The molecule has 0 unspecified atom stereocenters. The highest BCUT2D eigenvalue weighted by Gasteiger charge is 2.08. The number of phenolic OH excluding ortho intramolecular Hbond substituents is 1. The number of nitrogens with two attached hydrogens (primary N) is 1.